The van der Waals surface area contributed by atoms with Crippen molar-refractivity contribution in [3.05, 3.63) is 72.9 Å². The fourth-order valence-electron chi connectivity index (χ4n) is 3.89. The summed E-state index contributed by atoms with van der Waals surface area (Å²) in [5, 5.41) is 9.78. The number of carbonyl (C=O) groups is 2. The SMILES string of the molecule is CC/C=C\CC(O)/C=C/C=C/C/C=C\C/C=C\C/C=C\CCC(=O)OC[C@H](COP(=O)(O)O)OC(=O)CCCCCCCCC. The van der Waals surface area contributed by atoms with Crippen LogP contribution in [0.3, 0.4) is 0 Å². The van der Waals surface area contributed by atoms with Gasteiger partial charge in [0.15, 0.2) is 6.10 Å². The maximum atomic E-state index is 12.2. The fourth-order valence-corrected chi connectivity index (χ4v) is 4.25. The Morgan fingerprint density at radius 2 is 1.33 bits per heavy atom. The summed E-state index contributed by atoms with van der Waals surface area (Å²) in [5.41, 5.74) is 0. The van der Waals surface area contributed by atoms with Crippen molar-refractivity contribution in [2.75, 3.05) is 13.2 Å². The van der Waals surface area contributed by atoms with Crippen LogP contribution in [0, 0.1) is 0 Å². The number of unbranched alkanes of at least 4 members (excludes halogenated alkanes) is 6. The van der Waals surface area contributed by atoms with Gasteiger partial charge < -0.3 is 24.4 Å². The van der Waals surface area contributed by atoms with Crippen molar-refractivity contribution in [2.45, 2.75) is 122 Å². The van der Waals surface area contributed by atoms with Crippen LogP contribution in [0.15, 0.2) is 72.9 Å². The zero-order chi connectivity index (χ0) is 33.4. The summed E-state index contributed by atoms with van der Waals surface area (Å²) >= 11 is 0. The summed E-state index contributed by atoms with van der Waals surface area (Å²) in [4.78, 5) is 42.3. The lowest BCUT2D eigenvalue weighted by atomic mass is 10.1. The molecule has 0 radical (unpaired) electrons. The molecule has 2 atom stereocenters. The molecule has 10 heteroatoms. The maximum Gasteiger partial charge on any atom is 0.469 e. The van der Waals surface area contributed by atoms with Crippen LogP contribution in [0.4, 0.5) is 0 Å². The van der Waals surface area contributed by atoms with Crippen molar-refractivity contribution in [1.82, 2.24) is 0 Å². The van der Waals surface area contributed by atoms with E-state index in [2.05, 4.69) is 36.6 Å². The molecule has 0 aliphatic rings. The van der Waals surface area contributed by atoms with Gasteiger partial charge in [0, 0.05) is 12.8 Å². The zero-order valence-electron chi connectivity index (χ0n) is 27.3. The van der Waals surface area contributed by atoms with Crippen LogP contribution in [0.5, 0.6) is 0 Å². The smallest absolute Gasteiger partial charge is 0.462 e. The van der Waals surface area contributed by atoms with Gasteiger partial charge in [-0.1, -0.05) is 125 Å². The Morgan fingerprint density at radius 3 is 1.98 bits per heavy atom. The standard InChI is InChI=1S/C35H57O9P/c1-3-5-7-8-16-21-25-29-35(38)44-33(31-43-45(39,40)41)30-42-34(37)28-24-20-18-15-13-11-9-10-12-14-17-19-23-27-32(36)26-22-6-4-2/h6,10-13,17-20,22-23,27,32-33,36H,3-5,7-9,14-16,21,24-26,28-31H2,1-2H3,(H2,39,40,41)/b12-10-,13-11-,19-17+,20-18-,22-6-,27-23+/t32?,33-/m1/s1. The third kappa shape index (κ3) is 32.6. The van der Waals surface area contributed by atoms with Gasteiger partial charge in [0.25, 0.3) is 0 Å². The number of hydrogen-bond acceptors (Lipinski definition) is 7. The van der Waals surface area contributed by atoms with E-state index < -0.39 is 38.6 Å². The van der Waals surface area contributed by atoms with E-state index in [4.69, 9.17) is 19.3 Å². The van der Waals surface area contributed by atoms with Crippen LogP contribution in [0.2, 0.25) is 0 Å². The van der Waals surface area contributed by atoms with E-state index in [0.29, 0.717) is 19.3 Å². The minimum atomic E-state index is -4.77. The van der Waals surface area contributed by atoms with E-state index in [9.17, 15) is 19.3 Å². The van der Waals surface area contributed by atoms with Crippen LogP contribution >= 0.6 is 7.82 Å². The molecule has 0 amide bonds. The quantitative estimate of drug-likeness (QED) is 0.0251. The minimum absolute atomic E-state index is 0.124. The monoisotopic (exact) mass is 652 g/mol. The van der Waals surface area contributed by atoms with Crippen LogP contribution in [0.1, 0.15) is 110 Å². The number of aliphatic hydroxyl groups is 1. The molecule has 0 heterocycles. The first-order chi connectivity index (χ1) is 21.7. The zero-order valence-corrected chi connectivity index (χ0v) is 28.2. The molecule has 0 aromatic heterocycles. The Hall–Kier alpha value is -2.55. The second-order valence-electron chi connectivity index (χ2n) is 10.6. The molecule has 0 saturated carbocycles. The first kappa shape index (κ1) is 42.5. The lowest BCUT2D eigenvalue weighted by Crippen LogP contribution is -2.29. The Morgan fingerprint density at radius 1 is 0.711 bits per heavy atom. The molecule has 0 aromatic carbocycles. The van der Waals surface area contributed by atoms with E-state index in [1.165, 1.54) is 19.3 Å². The molecule has 0 rings (SSSR count). The second-order valence-corrected chi connectivity index (χ2v) is 11.8. The number of hydrogen-bond donors (Lipinski definition) is 3. The minimum Gasteiger partial charge on any atom is -0.462 e. The third-order valence-electron chi connectivity index (χ3n) is 6.33. The van der Waals surface area contributed by atoms with Crippen molar-refractivity contribution < 1.29 is 43.0 Å². The average molecular weight is 653 g/mol. The van der Waals surface area contributed by atoms with Crippen molar-refractivity contribution in [1.29, 1.82) is 0 Å². The predicted octanol–water partition coefficient (Wildman–Crippen LogP) is 8.14. The van der Waals surface area contributed by atoms with Crippen LogP contribution in [0.25, 0.3) is 0 Å². The molecular weight excluding hydrogens is 595 g/mol. The average Bonchev–Trinajstić information content (AvgIpc) is 2.99. The normalized spacial score (nSPS) is 14.2. The third-order valence-corrected chi connectivity index (χ3v) is 6.82. The summed E-state index contributed by atoms with van der Waals surface area (Å²) in [5.74, 6) is -1.02. The largest absolute Gasteiger partial charge is 0.469 e. The highest BCUT2D eigenvalue weighted by molar-refractivity contribution is 7.46. The van der Waals surface area contributed by atoms with E-state index in [1.54, 1.807) is 6.08 Å². The van der Waals surface area contributed by atoms with Gasteiger partial charge in [-0.25, -0.2) is 4.57 Å². The number of carbonyl (C=O) groups excluding carboxylic acids is 2. The molecule has 0 aromatic rings. The van der Waals surface area contributed by atoms with Gasteiger partial charge in [0.05, 0.1) is 12.7 Å². The van der Waals surface area contributed by atoms with Crippen molar-refractivity contribution >= 4 is 19.8 Å². The number of aliphatic hydroxyl groups excluding tert-OH is 1. The number of esters is 2. The van der Waals surface area contributed by atoms with Crippen LogP contribution < -0.4 is 0 Å². The molecule has 256 valence electrons. The van der Waals surface area contributed by atoms with E-state index in [-0.39, 0.29) is 19.4 Å². The van der Waals surface area contributed by atoms with Gasteiger partial charge in [0.2, 0.25) is 0 Å². The number of rotatable bonds is 28. The highest BCUT2D eigenvalue weighted by Crippen LogP contribution is 2.35. The summed E-state index contributed by atoms with van der Waals surface area (Å²) in [7, 11) is -4.77. The Labute approximate surface area is 271 Å². The fraction of sp³-hybridized carbons (Fsp3) is 0.600. The molecular formula is C35H57O9P. The summed E-state index contributed by atoms with van der Waals surface area (Å²) < 4.78 is 26.0. The number of allylic oxidation sites excluding steroid dienone is 10. The van der Waals surface area contributed by atoms with Gasteiger partial charge in [-0.3, -0.25) is 14.1 Å². The number of phosphoric ester groups is 1. The molecule has 0 fully saturated rings. The molecule has 1 unspecified atom stereocenters. The van der Waals surface area contributed by atoms with Crippen LogP contribution in [-0.2, 0) is 28.2 Å². The van der Waals surface area contributed by atoms with E-state index in [1.807, 2.05) is 48.6 Å². The molecule has 0 bridgehead atoms. The second kappa shape index (κ2) is 30.1. The summed E-state index contributed by atoms with van der Waals surface area (Å²) in [6.07, 6.45) is 34.2. The first-order valence-electron chi connectivity index (χ1n) is 16.3. The highest BCUT2D eigenvalue weighted by atomic mass is 31.2. The Bertz CT molecular complexity index is 976. The first-order valence-corrected chi connectivity index (χ1v) is 17.9. The van der Waals surface area contributed by atoms with Crippen molar-refractivity contribution in [3.8, 4) is 0 Å². The lowest BCUT2D eigenvalue weighted by molar-refractivity contribution is -0.161. The summed E-state index contributed by atoms with van der Waals surface area (Å²) in [6, 6.07) is 0. The highest BCUT2D eigenvalue weighted by Gasteiger charge is 2.22. The van der Waals surface area contributed by atoms with E-state index >= 15 is 0 Å². The molecule has 0 saturated heterocycles. The van der Waals surface area contributed by atoms with Gasteiger partial charge in [-0.15, -0.1) is 0 Å². The molecule has 0 aliphatic carbocycles. The number of phosphoric acid groups is 1. The van der Waals surface area contributed by atoms with Gasteiger partial charge in [-0.05, 0) is 44.9 Å². The maximum absolute atomic E-state index is 12.2. The molecule has 9 nitrogen and oxygen atoms in total. The summed E-state index contributed by atoms with van der Waals surface area (Å²) in [6.45, 7) is 3.31. The predicted molar refractivity (Wildman–Crippen MR) is 180 cm³/mol. The lowest BCUT2D eigenvalue weighted by Gasteiger charge is -2.18. The van der Waals surface area contributed by atoms with E-state index in [0.717, 1.165) is 44.9 Å². The Balaban J connectivity index is 4.18. The number of ether oxygens (including phenoxy) is 2. The van der Waals surface area contributed by atoms with Gasteiger partial charge in [0.1, 0.15) is 6.61 Å². The van der Waals surface area contributed by atoms with Gasteiger partial charge in [-0.2, -0.15) is 0 Å². The molecule has 0 spiro atoms. The molecule has 3 N–H and O–H groups in total. The molecule has 0 aliphatic heterocycles. The van der Waals surface area contributed by atoms with Crippen molar-refractivity contribution in [3.63, 3.8) is 0 Å². The van der Waals surface area contributed by atoms with Gasteiger partial charge >= 0.3 is 19.8 Å². The molecule has 45 heavy (non-hydrogen) atoms. The Kier molecular flexibility index (Phi) is 28.4. The van der Waals surface area contributed by atoms with Crippen molar-refractivity contribution in [2.24, 2.45) is 0 Å². The topological polar surface area (TPSA) is 140 Å². The van der Waals surface area contributed by atoms with Crippen LogP contribution in [-0.4, -0.2) is 52.3 Å².